The molecule has 0 saturated carbocycles. The summed E-state index contributed by atoms with van der Waals surface area (Å²) in [5.74, 6) is -1.56. The first-order valence-corrected chi connectivity index (χ1v) is 8.94. The number of nitrogens with zero attached hydrogens (tertiary/aromatic N) is 2. The molecular formula is C19H30N2O7. The number of carboxylic acid groups (broad SMARTS) is 2. The minimum absolute atomic E-state index is 0.628. The summed E-state index contributed by atoms with van der Waals surface area (Å²) in [6.45, 7) is 9.86. The van der Waals surface area contributed by atoms with Gasteiger partial charge in [-0.1, -0.05) is 0 Å². The molecule has 0 amide bonds. The maximum Gasteiger partial charge on any atom is 0.414 e. The number of methoxy groups -OCH3 is 3. The summed E-state index contributed by atoms with van der Waals surface area (Å²) in [5.41, 5.74) is 1.19. The van der Waals surface area contributed by atoms with E-state index in [1.165, 1.54) is 5.56 Å². The van der Waals surface area contributed by atoms with Crippen molar-refractivity contribution in [2.45, 2.75) is 26.4 Å². The molecule has 0 spiro atoms. The maximum atomic E-state index is 9.10. The number of rotatable bonds is 6. The maximum absolute atomic E-state index is 9.10. The van der Waals surface area contributed by atoms with Crippen LogP contribution in [0.15, 0.2) is 12.1 Å². The van der Waals surface area contributed by atoms with Gasteiger partial charge in [-0.25, -0.2) is 9.59 Å². The third kappa shape index (κ3) is 6.90. The summed E-state index contributed by atoms with van der Waals surface area (Å²) in [6, 6.07) is 4.70. The van der Waals surface area contributed by atoms with Crippen molar-refractivity contribution < 1.29 is 34.0 Å². The van der Waals surface area contributed by atoms with Gasteiger partial charge in [-0.15, -0.1) is 0 Å². The summed E-state index contributed by atoms with van der Waals surface area (Å²) < 4.78 is 16.2. The molecule has 9 nitrogen and oxygen atoms in total. The Morgan fingerprint density at radius 3 is 1.71 bits per heavy atom. The SMILES string of the molecule is COc1cc(CN2CCN(C(C)C)CC2)cc(OC)c1OC.O=C(O)C(=O)O. The van der Waals surface area contributed by atoms with Crippen LogP contribution in [0.25, 0.3) is 0 Å². The largest absolute Gasteiger partial charge is 0.493 e. The second-order valence-electron chi connectivity index (χ2n) is 6.55. The van der Waals surface area contributed by atoms with Gasteiger partial charge in [-0.3, -0.25) is 9.80 Å². The zero-order valence-electron chi connectivity index (χ0n) is 17.1. The van der Waals surface area contributed by atoms with Gasteiger partial charge in [-0.05, 0) is 31.5 Å². The van der Waals surface area contributed by atoms with Crippen molar-refractivity contribution in [3.05, 3.63) is 17.7 Å². The Bertz CT molecular complexity index is 619. The van der Waals surface area contributed by atoms with E-state index in [1.54, 1.807) is 21.3 Å². The highest BCUT2D eigenvalue weighted by Crippen LogP contribution is 2.38. The lowest BCUT2D eigenvalue weighted by atomic mass is 10.1. The van der Waals surface area contributed by atoms with Crippen LogP contribution in [0.3, 0.4) is 0 Å². The zero-order chi connectivity index (χ0) is 21.3. The minimum atomic E-state index is -1.82. The van der Waals surface area contributed by atoms with Crippen molar-refractivity contribution in [3.63, 3.8) is 0 Å². The van der Waals surface area contributed by atoms with Gasteiger partial charge in [0.25, 0.3) is 0 Å². The standard InChI is InChI=1S/C17H28N2O3.C2H2O4/c1-13(2)19-8-6-18(7-9-19)12-14-10-15(20-3)17(22-5)16(11-14)21-4;3-1(4)2(5)6/h10-11,13H,6-9,12H2,1-5H3;(H,3,4)(H,5,6). The number of benzene rings is 1. The van der Waals surface area contributed by atoms with Gasteiger partial charge in [0.1, 0.15) is 0 Å². The van der Waals surface area contributed by atoms with Crippen molar-refractivity contribution in [2.75, 3.05) is 47.5 Å². The molecule has 28 heavy (non-hydrogen) atoms. The third-order valence-electron chi connectivity index (χ3n) is 4.45. The van der Waals surface area contributed by atoms with E-state index >= 15 is 0 Å². The molecule has 2 rings (SSSR count). The quantitative estimate of drug-likeness (QED) is 0.687. The molecule has 1 aliphatic heterocycles. The molecule has 158 valence electrons. The fourth-order valence-corrected chi connectivity index (χ4v) is 2.92. The Hall–Kier alpha value is -2.52. The van der Waals surface area contributed by atoms with E-state index in [1.807, 2.05) is 12.1 Å². The predicted octanol–water partition coefficient (Wildman–Crippen LogP) is 1.39. The number of ether oxygens (including phenoxy) is 3. The number of piperazine rings is 1. The molecule has 1 aliphatic rings. The lowest BCUT2D eigenvalue weighted by molar-refractivity contribution is -0.159. The van der Waals surface area contributed by atoms with Crippen molar-refractivity contribution in [2.24, 2.45) is 0 Å². The van der Waals surface area contributed by atoms with E-state index in [0.29, 0.717) is 11.8 Å². The molecule has 1 heterocycles. The van der Waals surface area contributed by atoms with Crippen LogP contribution in [0.4, 0.5) is 0 Å². The first-order valence-electron chi connectivity index (χ1n) is 8.94. The molecule has 1 aromatic rings. The molecule has 0 aliphatic carbocycles. The Morgan fingerprint density at radius 1 is 0.929 bits per heavy atom. The van der Waals surface area contributed by atoms with Gasteiger partial charge < -0.3 is 24.4 Å². The average Bonchev–Trinajstić information content (AvgIpc) is 2.67. The molecule has 0 radical (unpaired) electrons. The van der Waals surface area contributed by atoms with Gasteiger partial charge in [0.15, 0.2) is 11.5 Å². The molecule has 1 saturated heterocycles. The van der Waals surface area contributed by atoms with E-state index in [4.69, 9.17) is 34.0 Å². The van der Waals surface area contributed by atoms with Crippen LogP contribution in [-0.4, -0.2) is 85.5 Å². The zero-order valence-corrected chi connectivity index (χ0v) is 17.1. The number of carboxylic acids is 2. The monoisotopic (exact) mass is 398 g/mol. The Kier molecular flexibility index (Phi) is 9.54. The van der Waals surface area contributed by atoms with Crippen LogP contribution in [0.1, 0.15) is 19.4 Å². The van der Waals surface area contributed by atoms with Gasteiger partial charge in [0.2, 0.25) is 5.75 Å². The van der Waals surface area contributed by atoms with Crippen molar-refractivity contribution in [1.29, 1.82) is 0 Å². The molecule has 9 heteroatoms. The summed E-state index contributed by atoms with van der Waals surface area (Å²) in [5, 5.41) is 14.8. The fraction of sp³-hybridized carbons (Fsp3) is 0.579. The Morgan fingerprint density at radius 2 is 1.39 bits per heavy atom. The molecule has 0 aromatic heterocycles. The summed E-state index contributed by atoms with van der Waals surface area (Å²) in [7, 11) is 4.94. The van der Waals surface area contributed by atoms with Gasteiger partial charge in [-0.2, -0.15) is 0 Å². The lowest BCUT2D eigenvalue weighted by Crippen LogP contribution is -2.48. The van der Waals surface area contributed by atoms with Crippen LogP contribution < -0.4 is 14.2 Å². The highest BCUT2D eigenvalue weighted by atomic mass is 16.5. The van der Waals surface area contributed by atoms with Gasteiger partial charge in [0.05, 0.1) is 21.3 Å². The normalized spacial score (nSPS) is 14.8. The first kappa shape index (κ1) is 23.5. The van der Waals surface area contributed by atoms with Gasteiger partial charge in [0, 0.05) is 38.8 Å². The van der Waals surface area contributed by atoms with E-state index in [9.17, 15) is 0 Å². The second kappa shape index (κ2) is 11.4. The van der Waals surface area contributed by atoms with E-state index in [-0.39, 0.29) is 0 Å². The van der Waals surface area contributed by atoms with Crippen LogP contribution in [0.5, 0.6) is 17.2 Å². The van der Waals surface area contributed by atoms with Crippen LogP contribution in [0.2, 0.25) is 0 Å². The second-order valence-corrected chi connectivity index (χ2v) is 6.55. The number of aliphatic carboxylic acids is 2. The lowest BCUT2D eigenvalue weighted by Gasteiger charge is -2.37. The third-order valence-corrected chi connectivity index (χ3v) is 4.45. The number of hydrogen-bond acceptors (Lipinski definition) is 7. The van der Waals surface area contributed by atoms with Gasteiger partial charge >= 0.3 is 11.9 Å². The number of carbonyl (C=O) groups is 2. The average molecular weight is 398 g/mol. The van der Waals surface area contributed by atoms with E-state index in [2.05, 4.69) is 23.6 Å². The fourth-order valence-electron chi connectivity index (χ4n) is 2.92. The highest BCUT2D eigenvalue weighted by molar-refractivity contribution is 6.27. The minimum Gasteiger partial charge on any atom is -0.493 e. The predicted molar refractivity (Wildman–Crippen MR) is 103 cm³/mol. The van der Waals surface area contributed by atoms with Crippen LogP contribution in [-0.2, 0) is 16.1 Å². The van der Waals surface area contributed by atoms with E-state index < -0.39 is 11.9 Å². The smallest absolute Gasteiger partial charge is 0.414 e. The molecule has 0 unspecified atom stereocenters. The molecule has 0 atom stereocenters. The first-order chi connectivity index (χ1) is 13.2. The topological polar surface area (TPSA) is 109 Å². The molecule has 0 bridgehead atoms. The van der Waals surface area contributed by atoms with Crippen molar-refractivity contribution in [1.82, 2.24) is 9.80 Å². The highest BCUT2D eigenvalue weighted by Gasteiger charge is 2.20. The molecule has 2 N–H and O–H groups in total. The Balaban J connectivity index is 0.000000568. The van der Waals surface area contributed by atoms with Crippen LogP contribution in [0, 0.1) is 0 Å². The van der Waals surface area contributed by atoms with Crippen molar-refractivity contribution >= 4 is 11.9 Å². The molecule has 1 aromatic carbocycles. The molecular weight excluding hydrogens is 368 g/mol. The Labute approximate surface area is 165 Å². The van der Waals surface area contributed by atoms with E-state index in [0.717, 1.165) is 44.2 Å². The van der Waals surface area contributed by atoms with Crippen LogP contribution >= 0.6 is 0 Å². The van der Waals surface area contributed by atoms with Crippen molar-refractivity contribution in [3.8, 4) is 17.2 Å². The number of hydrogen-bond donors (Lipinski definition) is 2. The molecule has 1 fully saturated rings. The summed E-state index contributed by atoms with van der Waals surface area (Å²) >= 11 is 0. The summed E-state index contributed by atoms with van der Waals surface area (Å²) in [6.07, 6.45) is 0. The summed E-state index contributed by atoms with van der Waals surface area (Å²) in [4.78, 5) is 23.2.